The molecule has 2 rings (SSSR count). The van der Waals surface area contributed by atoms with Crippen molar-refractivity contribution in [3.8, 4) is 0 Å². The highest BCUT2D eigenvalue weighted by Crippen LogP contribution is 2.03. The van der Waals surface area contributed by atoms with Crippen LogP contribution in [0.3, 0.4) is 0 Å². The maximum atomic E-state index is 11.6. The molecule has 0 atom stereocenters. The fourth-order valence-electron chi connectivity index (χ4n) is 2.01. The highest BCUT2D eigenvalue weighted by molar-refractivity contribution is 5.91. The third-order valence-electron chi connectivity index (χ3n) is 3.02. The Bertz CT molecular complexity index is 301. The van der Waals surface area contributed by atoms with Crippen LogP contribution in [0.5, 0.6) is 0 Å². The number of hydrogen-bond acceptors (Lipinski definition) is 5. The van der Waals surface area contributed by atoms with Gasteiger partial charge in [0.15, 0.2) is 0 Å². The summed E-state index contributed by atoms with van der Waals surface area (Å²) in [7, 11) is 0. The second kappa shape index (κ2) is 7.23. The molecule has 2 heterocycles. The van der Waals surface area contributed by atoms with Crippen LogP contribution in [-0.2, 0) is 14.3 Å². The zero-order valence-corrected chi connectivity index (χ0v) is 10.6. The fourth-order valence-corrected chi connectivity index (χ4v) is 2.01. The van der Waals surface area contributed by atoms with Crippen molar-refractivity contribution < 1.29 is 14.3 Å². The summed E-state index contributed by atoms with van der Waals surface area (Å²) in [6, 6.07) is 0. The SMILES string of the molecule is O=C(NCCCN1CCNCC1)C1=COCCO1. The van der Waals surface area contributed by atoms with E-state index in [9.17, 15) is 4.79 Å². The molecule has 102 valence electrons. The van der Waals surface area contributed by atoms with Crippen molar-refractivity contribution in [1.82, 2.24) is 15.5 Å². The van der Waals surface area contributed by atoms with Crippen molar-refractivity contribution in [2.75, 3.05) is 52.5 Å². The first-order valence-corrected chi connectivity index (χ1v) is 6.52. The molecule has 18 heavy (non-hydrogen) atoms. The molecule has 0 radical (unpaired) electrons. The summed E-state index contributed by atoms with van der Waals surface area (Å²) in [4.78, 5) is 14.0. The van der Waals surface area contributed by atoms with E-state index < -0.39 is 0 Å². The molecule has 0 aliphatic carbocycles. The van der Waals surface area contributed by atoms with Crippen molar-refractivity contribution >= 4 is 5.91 Å². The van der Waals surface area contributed by atoms with Gasteiger partial charge >= 0.3 is 0 Å². The van der Waals surface area contributed by atoms with Crippen LogP contribution < -0.4 is 10.6 Å². The summed E-state index contributed by atoms with van der Waals surface area (Å²) in [5.74, 6) is 0.0958. The van der Waals surface area contributed by atoms with Crippen LogP contribution in [0.1, 0.15) is 6.42 Å². The number of rotatable bonds is 5. The van der Waals surface area contributed by atoms with E-state index in [1.165, 1.54) is 6.26 Å². The number of piperazine rings is 1. The van der Waals surface area contributed by atoms with Crippen LogP contribution in [0.4, 0.5) is 0 Å². The first kappa shape index (κ1) is 13.2. The Morgan fingerprint density at radius 3 is 2.94 bits per heavy atom. The van der Waals surface area contributed by atoms with Crippen LogP contribution in [0, 0.1) is 0 Å². The number of amides is 1. The van der Waals surface area contributed by atoms with Gasteiger partial charge in [-0.3, -0.25) is 4.79 Å². The molecule has 2 aliphatic rings. The Labute approximate surface area is 107 Å². The number of carbonyl (C=O) groups excluding carboxylic acids is 1. The second-order valence-corrected chi connectivity index (χ2v) is 4.40. The standard InChI is InChI=1S/C12H21N3O3/c16-12(11-10-17-8-9-18-11)14-2-1-5-15-6-3-13-4-7-15/h10,13H,1-9H2,(H,14,16). The van der Waals surface area contributed by atoms with Gasteiger partial charge in [0.25, 0.3) is 5.91 Å². The lowest BCUT2D eigenvalue weighted by molar-refractivity contribution is -0.122. The number of hydrogen-bond donors (Lipinski definition) is 2. The average molecular weight is 255 g/mol. The zero-order valence-electron chi connectivity index (χ0n) is 10.6. The van der Waals surface area contributed by atoms with Crippen LogP contribution in [0.2, 0.25) is 0 Å². The van der Waals surface area contributed by atoms with Gasteiger partial charge in [-0.25, -0.2) is 0 Å². The lowest BCUT2D eigenvalue weighted by Crippen LogP contribution is -2.44. The predicted molar refractivity (Wildman–Crippen MR) is 66.9 cm³/mol. The predicted octanol–water partition coefficient (Wildman–Crippen LogP) is -0.714. The van der Waals surface area contributed by atoms with Crippen molar-refractivity contribution in [3.05, 3.63) is 12.0 Å². The molecule has 2 N–H and O–H groups in total. The lowest BCUT2D eigenvalue weighted by atomic mass is 10.3. The average Bonchev–Trinajstić information content (AvgIpc) is 2.45. The Morgan fingerprint density at radius 2 is 2.22 bits per heavy atom. The second-order valence-electron chi connectivity index (χ2n) is 4.40. The molecule has 0 spiro atoms. The van der Waals surface area contributed by atoms with E-state index in [-0.39, 0.29) is 11.7 Å². The molecule has 6 heteroatoms. The first-order chi connectivity index (χ1) is 8.86. The summed E-state index contributed by atoms with van der Waals surface area (Å²) in [5, 5.41) is 6.15. The van der Waals surface area contributed by atoms with E-state index in [1.54, 1.807) is 0 Å². The van der Waals surface area contributed by atoms with Gasteiger partial charge in [0.2, 0.25) is 5.76 Å². The van der Waals surface area contributed by atoms with Gasteiger partial charge in [-0.15, -0.1) is 0 Å². The molecule has 0 unspecified atom stereocenters. The fraction of sp³-hybridized carbons (Fsp3) is 0.750. The normalized spacial score (nSPS) is 20.6. The molecule has 0 saturated carbocycles. The summed E-state index contributed by atoms with van der Waals surface area (Å²) < 4.78 is 10.2. The zero-order chi connectivity index (χ0) is 12.6. The molecule has 1 fully saturated rings. The summed E-state index contributed by atoms with van der Waals surface area (Å²) in [6.07, 6.45) is 2.34. The van der Waals surface area contributed by atoms with Gasteiger partial charge in [0.05, 0.1) is 0 Å². The van der Waals surface area contributed by atoms with Crippen molar-refractivity contribution in [2.45, 2.75) is 6.42 Å². The Morgan fingerprint density at radius 1 is 1.39 bits per heavy atom. The van der Waals surface area contributed by atoms with Gasteiger partial charge in [-0.1, -0.05) is 0 Å². The maximum absolute atomic E-state index is 11.6. The molecule has 2 aliphatic heterocycles. The topological polar surface area (TPSA) is 62.8 Å². The molecule has 6 nitrogen and oxygen atoms in total. The Kier molecular flexibility index (Phi) is 5.29. The number of nitrogens with one attached hydrogen (secondary N) is 2. The molecule has 0 aromatic carbocycles. The van der Waals surface area contributed by atoms with E-state index in [4.69, 9.17) is 9.47 Å². The maximum Gasteiger partial charge on any atom is 0.289 e. The highest BCUT2D eigenvalue weighted by Gasteiger charge is 2.14. The summed E-state index contributed by atoms with van der Waals surface area (Å²) >= 11 is 0. The highest BCUT2D eigenvalue weighted by atomic mass is 16.6. The van der Waals surface area contributed by atoms with E-state index in [2.05, 4.69) is 15.5 Å². The quantitative estimate of drug-likeness (QED) is 0.635. The summed E-state index contributed by atoms with van der Waals surface area (Å²) in [5.41, 5.74) is 0. The minimum Gasteiger partial charge on any atom is -0.494 e. The van der Waals surface area contributed by atoms with E-state index >= 15 is 0 Å². The van der Waals surface area contributed by atoms with Crippen LogP contribution in [-0.4, -0.2) is 63.3 Å². The smallest absolute Gasteiger partial charge is 0.289 e. The van der Waals surface area contributed by atoms with Gasteiger partial charge in [-0.05, 0) is 13.0 Å². The van der Waals surface area contributed by atoms with Crippen LogP contribution in [0.25, 0.3) is 0 Å². The van der Waals surface area contributed by atoms with Gasteiger partial charge in [-0.2, -0.15) is 0 Å². The number of carbonyl (C=O) groups is 1. The van der Waals surface area contributed by atoms with E-state index in [0.717, 1.165) is 39.1 Å². The monoisotopic (exact) mass is 255 g/mol. The minimum absolute atomic E-state index is 0.185. The number of nitrogens with zero attached hydrogens (tertiary/aromatic N) is 1. The third-order valence-corrected chi connectivity index (χ3v) is 3.02. The minimum atomic E-state index is -0.185. The molecule has 0 aromatic heterocycles. The third kappa shape index (κ3) is 4.19. The first-order valence-electron chi connectivity index (χ1n) is 6.52. The van der Waals surface area contributed by atoms with E-state index in [0.29, 0.717) is 19.8 Å². The molecular formula is C12H21N3O3. The molecule has 1 saturated heterocycles. The van der Waals surface area contributed by atoms with Crippen LogP contribution in [0.15, 0.2) is 12.0 Å². The van der Waals surface area contributed by atoms with Crippen molar-refractivity contribution in [1.29, 1.82) is 0 Å². The van der Waals surface area contributed by atoms with Gasteiger partial charge in [0, 0.05) is 32.7 Å². The largest absolute Gasteiger partial charge is 0.494 e. The lowest BCUT2D eigenvalue weighted by Gasteiger charge is -2.27. The van der Waals surface area contributed by atoms with Crippen molar-refractivity contribution in [2.24, 2.45) is 0 Å². The molecule has 0 aromatic rings. The molecule has 0 bridgehead atoms. The summed E-state index contributed by atoms with van der Waals surface area (Å²) in [6.45, 7) is 6.96. The van der Waals surface area contributed by atoms with Gasteiger partial charge < -0.3 is 25.0 Å². The van der Waals surface area contributed by atoms with E-state index in [1.807, 2.05) is 0 Å². The number of ether oxygens (including phenoxy) is 2. The Balaban J connectivity index is 1.57. The molecular weight excluding hydrogens is 234 g/mol. The molecule has 1 amide bonds. The van der Waals surface area contributed by atoms with Crippen LogP contribution >= 0.6 is 0 Å². The Hall–Kier alpha value is -1.27. The van der Waals surface area contributed by atoms with Gasteiger partial charge in [0.1, 0.15) is 19.5 Å². The van der Waals surface area contributed by atoms with Crippen molar-refractivity contribution in [3.63, 3.8) is 0 Å².